The molecule has 16 heavy (non-hydrogen) atoms. The first kappa shape index (κ1) is 14.0. The van der Waals surface area contributed by atoms with Gasteiger partial charge in [0, 0.05) is 14.8 Å². The van der Waals surface area contributed by atoms with Crippen molar-refractivity contribution in [2.75, 3.05) is 6.61 Å². The van der Waals surface area contributed by atoms with Crippen LogP contribution < -0.4 is 0 Å². The number of carbonyl (C=O) groups is 1. The van der Waals surface area contributed by atoms with E-state index in [0.29, 0.717) is 17.0 Å². The highest BCUT2D eigenvalue weighted by Crippen LogP contribution is 2.27. The minimum absolute atomic E-state index is 0.233. The van der Waals surface area contributed by atoms with Crippen LogP contribution in [0.3, 0.4) is 0 Å². The largest absolute Gasteiger partial charge is 0.466 e. The van der Waals surface area contributed by atoms with Crippen LogP contribution in [0.2, 0.25) is 5.02 Å². The first-order valence-electron chi connectivity index (χ1n) is 4.76. The van der Waals surface area contributed by atoms with Gasteiger partial charge in [0.15, 0.2) is 0 Å². The maximum absolute atomic E-state index is 11.3. The summed E-state index contributed by atoms with van der Waals surface area (Å²) in [5, 5.41) is 1.34. The number of hydrogen-bond donors (Lipinski definition) is 0. The molecule has 0 aromatic heterocycles. The van der Waals surface area contributed by atoms with Gasteiger partial charge in [-0.2, -0.15) is 0 Å². The molecule has 2 nitrogen and oxygen atoms in total. The summed E-state index contributed by atoms with van der Waals surface area (Å²) in [6, 6.07) is 3.70. The molecule has 0 amide bonds. The second-order valence-corrected chi connectivity index (χ2v) is 4.97. The highest BCUT2D eigenvalue weighted by molar-refractivity contribution is 9.10. The van der Waals surface area contributed by atoms with Crippen LogP contribution in [0, 0.1) is 0 Å². The van der Waals surface area contributed by atoms with E-state index in [4.69, 9.17) is 16.3 Å². The fourth-order valence-electron chi connectivity index (χ4n) is 1.23. The summed E-state index contributed by atoms with van der Waals surface area (Å²) < 4.78 is 5.76. The highest BCUT2D eigenvalue weighted by atomic mass is 79.9. The minimum Gasteiger partial charge on any atom is -0.466 e. The Morgan fingerprint density at radius 1 is 1.44 bits per heavy atom. The van der Waals surface area contributed by atoms with Crippen molar-refractivity contribution in [3.05, 3.63) is 32.8 Å². The van der Waals surface area contributed by atoms with E-state index in [-0.39, 0.29) is 12.4 Å². The Morgan fingerprint density at radius 2 is 2.12 bits per heavy atom. The average Bonchev–Trinajstić information content (AvgIpc) is 2.23. The smallest absolute Gasteiger partial charge is 0.310 e. The third kappa shape index (κ3) is 3.75. The van der Waals surface area contributed by atoms with Crippen LogP contribution in [0.25, 0.3) is 0 Å². The van der Waals surface area contributed by atoms with E-state index in [1.807, 2.05) is 6.07 Å². The van der Waals surface area contributed by atoms with Gasteiger partial charge in [0.05, 0.1) is 13.0 Å². The van der Waals surface area contributed by atoms with Gasteiger partial charge in [-0.05, 0) is 30.2 Å². The van der Waals surface area contributed by atoms with Gasteiger partial charge in [0.25, 0.3) is 0 Å². The van der Waals surface area contributed by atoms with E-state index >= 15 is 0 Å². The van der Waals surface area contributed by atoms with Crippen LogP contribution in [-0.2, 0) is 21.3 Å². The zero-order valence-electron chi connectivity index (χ0n) is 8.73. The molecule has 0 heterocycles. The predicted octanol–water partition coefficient (Wildman–Crippen LogP) is 4.10. The maximum atomic E-state index is 11.3. The third-order valence-electron chi connectivity index (χ3n) is 2.00. The summed E-state index contributed by atoms with van der Waals surface area (Å²) >= 11 is 12.8. The normalized spacial score (nSPS) is 10.2. The molecule has 0 aliphatic heterocycles. The zero-order chi connectivity index (χ0) is 12.1. The van der Waals surface area contributed by atoms with Crippen molar-refractivity contribution in [2.24, 2.45) is 0 Å². The van der Waals surface area contributed by atoms with Crippen molar-refractivity contribution in [3.8, 4) is 0 Å². The zero-order valence-corrected chi connectivity index (χ0v) is 12.7. The van der Waals surface area contributed by atoms with Gasteiger partial charge in [-0.1, -0.05) is 43.5 Å². The van der Waals surface area contributed by atoms with Crippen LogP contribution in [-0.4, -0.2) is 12.6 Å². The Labute approximate surface area is 117 Å². The Hall–Kier alpha value is -0.0600. The summed E-state index contributed by atoms with van der Waals surface area (Å²) in [5.41, 5.74) is 1.83. The van der Waals surface area contributed by atoms with Gasteiger partial charge in [-0.25, -0.2) is 0 Å². The average molecular weight is 370 g/mol. The molecule has 0 N–H and O–H groups in total. The number of carbonyl (C=O) groups excluding carboxylic acids is 1. The molecule has 88 valence electrons. The molecule has 5 heteroatoms. The monoisotopic (exact) mass is 368 g/mol. The predicted molar refractivity (Wildman–Crippen MR) is 72.1 cm³/mol. The van der Waals surface area contributed by atoms with Crippen LogP contribution in [0.5, 0.6) is 0 Å². The van der Waals surface area contributed by atoms with Gasteiger partial charge >= 0.3 is 5.97 Å². The molecule has 1 rings (SSSR count). The van der Waals surface area contributed by atoms with Gasteiger partial charge < -0.3 is 4.74 Å². The number of halogens is 3. The van der Waals surface area contributed by atoms with Gasteiger partial charge in [-0.3, -0.25) is 4.79 Å². The fraction of sp³-hybridized carbons (Fsp3) is 0.364. The third-order valence-corrected chi connectivity index (χ3v) is 3.69. The molecule has 1 aromatic rings. The van der Waals surface area contributed by atoms with Crippen LogP contribution in [0.4, 0.5) is 0 Å². The number of rotatable bonds is 4. The molecular weight excluding hydrogens is 359 g/mol. The van der Waals surface area contributed by atoms with Gasteiger partial charge in [-0.15, -0.1) is 0 Å². The first-order valence-corrected chi connectivity index (χ1v) is 7.06. The van der Waals surface area contributed by atoms with E-state index in [1.54, 1.807) is 13.0 Å². The maximum Gasteiger partial charge on any atom is 0.310 e. The van der Waals surface area contributed by atoms with Crippen molar-refractivity contribution in [1.82, 2.24) is 0 Å². The Morgan fingerprint density at radius 3 is 2.69 bits per heavy atom. The Bertz CT molecular complexity index is 394. The summed E-state index contributed by atoms with van der Waals surface area (Å²) in [5.74, 6) is -0.245. The van der Waals surface area contributed by atoms with Crippen molar-refractivity contribution < 1.29 is 9.53 Å². The summed E-state index contributed by atoms with van der Waals surface area (Å²) in [4.78, 5) is 11.3. The molecular formula is C11H11Br2ClO2. The summed E-state index contributed by atoms with van der Waals surface area (Å²) in [6.45, 7) is 2.18. The second-order valence-electron chi connectivity index (χ2n) is 3.15. The number of ether oxygens (including phenoxy) is 1. The molecule has 0 unspecified atom stereocenters. The molecule has 0 atom stereocenters. The molecule has 0 spiro atoms. The topological polar surface area (TPSA) is 26.3 Å². The second kappa shape index (κ2) is 6.62. The van der Waals surface area contributed by atoms with Crippen LogP contribution >= 0.6 is 43.5 Å². The molecule has 0 fully saturated rings. The first-order chi connectivity index (χ1) is 7.58. The van der Waals surface area contributed by atoms with Crippen LogP contribution in [0.15, 0.2) is 16.6 Å². The van der Waals surface area contributed by atoms with Crippen molar-refractivity contribution in [2.45, 2.75) is 18.7 Å². The van der Waals surface area contributed by atoms with Gasteiger partial charge in [0.2, 0.25) is 0 Å². The van der Waals surface area contributed by atoms with E-state index in [9.17, 15) is 4.79 Å². The minimum atomic E-state index is -0.245. The lowest BCUT2D eigenvalue weighted by Gasteiger charge is -2.08. The quantitative estimate of drug-likeness (QED) is 0.589. The summed E-state index contributed by atoms with van der Waals surface area (Å²) in [6.07, 6.45) is 0.233. The van der Waals surface area contributed by atoms with E-state index < -0.39 is 0 Å². The van der Waals surface area contributed by atoms with E-state index in [1.165, 1.54) is 0 Å². The molecule has 0 saturated carbocycles. The highest BCUT2D eigenvalue weighted by Gasteiger charge is 2.10. The Kier molecular flexibility index (Phi) is 5.79. The molecule has 0 aliphatic carbocycles. The fourth-order valence-corrected chi connectivity index (χ4v) is 2.64. The number of hydrogen-bond acceptors (Lipinski definition) is 2. The van der Waals surface area contributed by atoms with Crippen molar-refractivity contribution in [3.63, 3.8) is 0 Å². The molecule has 0 bridgehead atoms. The molecule has 0 radical (unpaired) electrons. The summed E-state index contributed by atoms with van der Waals surface area (Å²) in [7, 11) is 0. The van der Waals surface area contributed by atoms with Crippen molar-refractivity contribution in [1.29, 1.82) is 0 Å². The standard InChI is InChI=1S/C11H11Br2ClO2/c1-2-16-11(15)5-7-4-10(14)8(6-12)3-9(7)13/h3-4H,2,5-6H2,1H3. The number of benzene rings is 1. The molecule has 0 saturated heterocycles. The van der Waals surface area contributed by atoms with Crippen LogP contribution in [0.1, 0.15) is 18.1 Å². The van der Waals surface area contributed by atoms with E-state index in [0.717, 1.165) is 15.6 Å². The van der Waals surface area contributed by atoms with Gasteiger partial charge in [0.1, 0.15) is 0 Å². The number of alkyl halides is 1. The van der Waals surface area contributed by atoms with Crippen molar-refractivity contribution >= 4 is 49.4 Å². The SMILES string of the molecule is CCOC(=O)Cc1cc(Cl)c(CBr)cc1Br. The lowest BCUT2D eigenvalue weighted by Crippen LogP contribution is -2.08. The lowest BCUT2D eigenvalue weighted by molar-refractivity contribution is -0.142. The molecule has 0 aliphatic rings. The lowest BCUT2D eigenvalue weighted by atomic mass is 10.1. The van der Waals surface area contributed by atoms with E-state index in [2.05, 4.69) is 31.9 Å². The molecule has 1 aromatic carbocycles. The number of esters is 1. The Balaban J connectivity index is 2.89.